The lowest BCUT2D eigenvalue weighted by Crippen LogP contribution is -2.50. The van der Waals surface area contributed by atoms with Crippen LogP contribution in [0, 0.1) is 0 Å². The lowest BCUT2D eigenvalue weighted by molar-refractivity contribution is 0.143. The van der Waals surface area contributed by atoms with Gasteiger partial charge in [-0.1, -0.05) is 18.2 Å². The molecule has 1 aromatic rings. The van der Waals surface area contributed by atoms with Gasteiger partial charge in [-0.3, -0.25) is 4.90 Å². The van der Waals surface area contributed by atoms with Crippen molar-refractivity contribution in [2.45, 2.75) is 13.0 Å². The molecule has 0 radical (unpaired) electrons. The zero-order valence-electron chi connectivity index (χ0n) is 10.3. The van der Waals surface area contributed by atoms with Gasteiger partial charge in [0.15, 0.2) is 0 Å². The van der Waals surface area contributed by atoms with Crippen molar-refractivity contribution in [2.24, 2.45) is 0 Å². The van der Waals surface area contributed by atoms with Gasteiger partial charge in [0.25, 0.3) is 0 Å². The monoisotopic (exact) mass is 256 g/mol. The number of nitrogens with one attached hydrogen (secondary N) is 1. The van der Waals surface area contributed by atoms with E-state index in [-0.39, 0.29) is 12.4 Å². The molecule has 0 aliphatic carbocycles. The molecule has 2 rings (SSSR count). The van der Waals surface area contributed by atoms with Crippen molar-refractivity contribution in [2.75, 3.05) is 32.8 Å². The van der Waals surface area contributed by atoms with Crippen molar-refractivity contribution in [3.63, 3.8) is 0 Å². The fourth-order valence-corrected chi connectivity index (χ4v) is 2.01. The van der Waals surface area contributed by atoms with Crippen molar-refractivity contribution < 1.29 is 4.74 Å². The second kappa shape index (κ2) is 7.54. The van der Waals surface area contributed by atoms with Crippen molar-refractivity contribution in [1.29, 1.82) is 0 Å². The summed E-state index contributed by atoms with van der Waals surface area (Å²) in [4.78, 5) is 2.47. The van der Waals surface area contributed by atoms with E-state index in [2.05, 4.69) is 17.1 Å². The summed E-state index contributed by atoms with van der Waals surface area (Å²) in [7, 11) is 0. The second-order valence-electron chi connectivity index (χ2n) is 4.25. The Morgan fingerprint density at radius 2 is 2.12 bits per heavy atom. The summed E-state index contributed by atoms with van der Waals surface area (Å²) in [6, 6.07) is 10.6. The first-order valence-corrected chi connectivity index (χ1v) is 5.99. The molecule has 17 heavy (non-hydrogen) atoms. The van der Waals surface area contributed by atoms with Crippen LogP contribution >= 0.6 is 12.4 Å². The highest BCUT2D eigenvalue weighted by atomic mass is 35.5. The number of para-hydroxylation sites is 1. The molecule has 0 amide bonds. The van der Waals surface area contributed by atoms with Gasteiger partial charge in [0.2, 0.25) is 0 Å². The Morgan fingerprint density at radius 3 is 2.82 bits per heavy atom. The van der Waals surface area contributed by atoms with Crippen LogP contribution in [0.4, 0.5) is 0 Å². The smallest absolute Gasteiger partial charge is 0.119 e. The third kappa shape index (κ3) is 4.54. The molecule has 0 aromatic heterocycles. The van der Waals surface area contributed by atoms with Crippen LogP contribution in [-0.4, -0.2) is 43.7 Å². The fourth-order valence-electron chi connectivity index (χ4n) is 2.01. The normalized spacial score (nSPS) is 20.6. The summed E-state index contributed by atoms with van der Waals surface area (Å²) in [6.45, 7) is 7.35. The lowest BCUT2D eigenvalue weighted by atomic mass is 10.2. The maximum absolute atomic E-state index is 5.69. The van der Waals surface area contributed by atoms with E-state index in [9.17, 15) is 0 Å². The van der Waals surface area contributed by atoms with E-state index in [0.29, 0.717) is 6.04 Å². The van der Waals surface area contributed by atoms with Crippen LogP contribution in [0.15, 0.2) is 30.3 Å². The van der Waals surface area contributed by atoms with E-state index in [1.165, 1.54) is 0 Å². The number of nitrogens with zero attached hydrogens (tertiary/aromatic N) is 1. The number of piperazine rings is 1. The maximum Gasteiger partial charge on any atom is 0.119 e. The van der Waals surface area contributed by atoms with Gasteiger partial charge < -0.3 is 10.1 Å². The van der Waals surface area contributed by atoms with Gasteiger partial charge in [-0.05, 0) is 19.1 Å². The van der Waals surface area contributed by atoms with Gasteiger partial charge >= 0.3 is 0 Å². The summed E-state index contributed by atoms with van der Waals surface area (Å²) in [5, 5.41) is 3.39. The quantitative estimate of drug-likeness (QED) is 0.889. The molecule has 4 heteroatoms. The van der Waals surface area contributed by atoms with Gasteiger partial charge in [-0.15, -0.1) is 12.4 Å². The molecule has 1 saturated heterocycles. The Bertz CT molecular complexity index is 308. The molecule has 1 atom stereocenters. The highest BCUT2D eigenvalue weighted by Gasteiger charge is 2.16. The molecule has 1 aromatic carbocycles. The average Bonchev–Trinajstić information content (AvgIpc) is 2.33. The molecule has 0 unspecified atom stereocenters. The largest absolute Gasteiger partial charge is 0.492 e. The standard InChI is InChI=1S/C13H20N2O.ClH/c1-12-11-14-7-8-15(12)9-10-16-13-5-3-2-4-6-13;/h2-6,12,14H,7-11H2,1H3;1H/t12-;/m0./s1. The number of rotatable bonds is 4. The Hall–Kier alpha value is -0.770. The number of benzene rings is 1. The minimum absolute atomic E-state index is 0. The summed E-state index contributed by atoms with van der Waals surface area (Å²) in [6.07, 6.45) is 0. The summed E-state index contributed by atoms with van der Waals surface area (Å²) in [5.41, 5.74) is 0. The van der Waals surface area contributed by atoms with E-state index in [0.717, 1.165) is 38.5 Å². The molecule has 96 valence electrons. The third-order valence-corrected chi connectivity index (χ3v) is 3.03. The summed E-state index contributed by atoms with van der Waals surface area (Å²) >= 11 is 0. The number of hydrogen-bond donors (Lipinski definition) is 1. The third-order valence-electron chi connectivity index (χ3n) is 3.03. The SMILES string of the molecule is C[C@H]1CNCCN1CCOc1ccccc1.Cl. The molecule has 0 saturated carbocycles. The maximum atomic E-state index is 5.69. The molecule has 0 spiro atoms. The first-order valence-electron chi connectivity index (χ1n) is 5.99. The molecule has 3 nitrogen and oxygen atoms in total. The van der Waals surface area contributed by atoms with Gasteiger partial charge in [-0.2, -0.15) is 0 Å². The predicted octanol–water partition coefficient (Wildman–Crippen LogP) is 1.78. The Kier molecular flexibility index (Phi) is 6.34. The van der Waals surface area contributed by atoms with Crippen LogP contribution < -0.4 is 10.1 Å². The Balaban J connectivity index is 0.00000144. The zero-order chi connectivity index (χ0) is 11.2. The van der Waals surface area contributed by atoms with Crippen LogP contribution in [0.3, 0.4) is 0 Å². The average molecular weight is 257 g/mol. The first-order chi connectivity index (χ1) is 7.86. The van der Waals surface area contributed by atoms with E-state index in [1.807, 2.05) is 30.3 Å². The highest BCUT2D eigenvalue weighted by Crippen LogP contribution is 2.08. The highest BCUT2D eigenvalue weighted by molar-refractivity contribution is 5.85. The van der Waals surface area contributed by atoms with Crippen molar-refractivity contribution in [3.8, 4) is 5.75 Å². The Labute approximate surface area is 110 Å². The van der Waals surface area contributed by atoms with Crippen molar-refractivity contribution in [3.05, 3.63) is 30.3 Å². The van der Waals surface area contributed by atoms with Crippen LogP contribution in [0.5, 0.6) is 5.75 Å². The van der Waals surface area contributed by atoms with Crippen LogP contribution in [0.1, 0.15) is 6.92 Å². The summed E-state index contributed by atoms with van der Waals surface area (Å²) in [5.74, 6) is 0.963. The van der Waals surface area contributed by atoms with Gasteiger partial charge in [0.1, 0.15) is 12.4 Å². The predicted molar refractivity (Wildman–Crippen MR) is 73.1 cm³/mol. The van der Waals surface area contributed by atoms with E-state index in [4.69, 9.17) is 4.74 Å². The molecule has 1 heterocycles. The van der Waals surface area contributed by atoms with E-state index in [1.54, 1.807) is 0 Å². The van der Waals surface area contributed by atoms with Gasteiger partial charge in [-0.25, -0.2) is 0 Å². The minimum atomic E-state index is 0. The van der Waals surface area contributed by atoms with Crippen molar-refractivity contribution in [1.82, 2.24) is 10.2 Å². The Morgan fingerprint density at radius 1 is 1.35 bits per heavy atom. The molecular formula is C13H21ClN2O. The van der Waals surface area contributed by atoms with Crippen LogP contribution in [-0.2, 0) is 0 Å². The molecular weight excluding hydrogens is 236 g/mol. The van der Waals surface area contributed by atoms with Gasteiger partial charge in [0, 0.05) is 32.2 Å². The lowest BCUT2D eigenvalue weighted by Gasteiger charge is -2.33. The molecule has 1 aliphatic rings. The van der Waals surface area contributed by atoms with E-state index < -0.39 is 0 Å². The van der Waals surface area contributed by atoms with Crippen LogP contribution in [0.2, 0.25) is 0 Å². The fraction of sp³-hybridized carbons (Fsp3) is 0.538. The number of ether oxygens (including phenoxy) is 1. The molecule has 0 bridgehead atoms. The zero-order valence-corrected chi connectivity index (χ0v) is 11.1. The summed E-state index contributed by atoms with van der Waals surface area (Å²) < 4.78 is 5.69. The number of hydrogen-bond acceptors (Lipinski definition) is 3. The van der Waals surface area contributed by atoms with E-state index >= 15 is 0 Å². The topological polar surface area (TPSA) is 24.5 Å². The molecule has 1 fully saturated rings. The molecule has 1 N–H and O–H groups in total. The number of halogens is 1. The van der Waals surface area contributed by atoms with Gasteiger partial charge in [0.05, 0.1) is 0 Å². The second-order valence-corrected chi connectivity index (χ2v) is 4.25. The van der Waals surface area contributed by atoms with Crippen LogP contribution in [0.25, 0.3) is 0 Å². The first kappa shape index (κ1) is 14.3. The minimum Gasteiger partial charge on any atom is -0.492 e. The van der Waals surface area contributed by atoms with Crippen molar-refractivity contribution >= 4 is 12.4 Å². The molecule has 1 aliphatic heterocycles.